The maximum Gasteiger partial charge on any atom is 0.150 e. The van der Waals surface area contributed by atoms with E-state index in [9.17, 15) is 9.90 Å². The number of aryl methyl sites for hydroxylation is 2. The molecule has 4 heteroatoms. The van der Waals surface area contributed by atoms with E-state index in [4.69, 9.17) is 9.47 Å². The molecule has 1 N–H and O–H groups in total. The number of carbonyl (C=O) groups is 1. The number of hydrogen-bond donors (Lipinski definition) is 1. The second-order valence-corrected chi connectivity index (χ2v) is 8.52. The van der Waals surface area contributed by atoms with Gasteiger partial charge in [0.2, 0.25) is 0 Å². The molecule has 0 aromatic heterocycles. The summed E-state index contributed by atoms with van der Waals surface area (Å²) in [5.74, 6) is 1.55. The zero-order valence-electron chi connectivity index (χ0n) is 18.6. The molecule has 0 bridgehead atoms. The van der Waals surface area contributed by atoms with Crippen molar-refractivity contribution in [3.8, 4) is 22.6 Å². The first-order chi connectivity index (χ1) is 14.7. The second kappa shape index (κ2) is 9.80. The van der Waals surface area contributed by atoms with E-state index in [1.54, 1.807) is 38.1 Å². The lowest BCUT2D eigenvalue weighted by Crippen LogP contribution is -2.21. The molecule has 0 radical (unpaired) electrons. The number of aliphatic hydroxyl groups is 1. The molecule has 0 heterocycles. The summed E-state index contributed by atoms with van der Waals surface area (Å²) >= 11 is 0. The predicted molar refractivity (Wildman–Crippen MR) is 124 cm³/mol. The van der Waals surface area contributed by atoms with Gasteiger partial charge in [0.15, 0.2) is 0 Å². The van der Waals surface area contributed by atoms with E-state index in [1.165, 1.54) is 5.56 Å². The SMILES string of the molecule is Cc1cc(OCCC(C)(C)O)cc(C)c1-c1cccc(COc2ccc(C=O)cc2)c1. The average Bonchev–Trinajstić information content (AvgIpc) is 2.71. The summed E-state index contributed by atoms with van der Waals surface area (Å²) in [7, 11) is 0. The molecular weight excluding hydrogens is 388 g/mol. The molecule has 0 saturated heterocycles. The van der Waals surface area contributed by atoms with Crippen molar-refractivity contribution < 1.29 is 19.4 Å². The molecule has 0 spiro atoms. The van der Waals surface area contributed by atoms with Gasteiger partial charge in [-0.05, 0) is 98.0 Å². The minimum Gasteiger partial charge on any atom is -0.493 e. The summed E-state index contributed by atoms with van der Waals surface area (Å²) in [6, 6.07) is 19.5. The number of carbonyl (C=O) groups excluding carboxylic acids is 1. The highest BCUT2D eigenvalue weighted by atomic mass is 16.5. The number of hydrogen-bond acceptors (Lipinski definition) is 4. The Morgan fingerprint density at radius 2 is 1.58 bits per heavy atom. The van der Waals surface area contributed by atoms with E-state index in [0.717, 1.165) is 40.0 Å². The largest absolute Gasteiger partial charge is 0.493 e. The van der Waals surface area contributed by atoms with Crippen molar-refractivity contribution in [2.75, 3.05) is 6.61 Å². The molecule has 3 rings (SSSR count). The van der Waals surface area contributed by atoms with Crippen LogP contribution in [-0.2, 0) is 6.61 Å². The van der Waals surface area contributed by atoms with Crippen molar-refractivity contribution >= 4 is 6.29 Å². The van der Waals surface area contributed by atoms with Crippen LogP contribution in [-0.4, -0.2) is 23.6 Å². The van der Waals surface area contributed by atoms with E-state index in [1.807, 2.05) is 24.3 Å². The van der Waals surface area contributed by atoms with Crippen molar-refractivity contribution in [1.29, 1.82) is 0 Å². The van der Waals surface area contributed by atoms with Gasteiger partial charge in [0, 0.05) is 12.0 Å². The van der Waals surface area contributed by atoms with Gasteiger partial charge in [0.05, 0.1) is 12.2 Å². The van der Waals surface area contributed by atoms with Crippen LogP contribution in [0.1, 0.15) is 47.3 Å². The molecule has 0 aliphatic rings. The Hall–Kier alpha value is -3.11. The van der Waals surface area contributed by atoms with Crippen LogP contribution in [0, 0.1) is 13.8 Å². The van der Waals surface area contributed by atoms with Crippen molar-refractivity contribution in [3.63, 3.8) is 0 Å². The summed E-state index contributed by atoms with van der Waals surface area (Å²) < 4.78 is 11.7. The lowest BCUT2D eigenvalue weighted by Gasteiger charge is -2.18. The predicted octanol–water partition coefficient (Wildman–Crippen LogP) is 5.90. The van der Waals surface area contributed by atoms with Crippen LogP contribution in [0.25, 0.3) is 11.1 Å². The van der Waals surface area contributed by atoms with Crippen LogP contribution in [0.5, 0.6) is 11.5 Å². The first kappa shape index (κ1) is 22.6. The average molecular weight is 419 g/mol. The molecular formula is C27H30O4. The van der Waals surface area contributed by atoms with Gasteiger partial charge in [0.1, 0.15) is 24.4 Å². The van der Waals surface area contributed by atoms with Crippen LogP contribution in [0.15, 0.2) is 60.7 Å². The lowest BCUT2D eigenvalue weighted by molar-refractivity contribution is 0.0553. The summed E-state index contributed by atoms with van der Waals surface area (Å²) in [4.78, 5) is 10.8. The lowest BCUT2D eigenvalue weighted by atomic mass is 9.94. The van der Waals surface area contributed by atoms with Gasteiger partial charge >= 0.3 is 0 Å². The summed E-state index contributed by atoms with van der Waals surface area (Å²) in [6.45, 7) is 8.67. The van der Waals surface area contributed by atoms with Crippen LogP contribution in [0.3, 0.4) is 0 Å². The Labute approximate surface area is 184 Å². The fraction of sp³-hybridized carbons (Fsp3) is 0.296. The van der Waals surface area contributed by atoms with Crippen molar-refractivity contribution in [2.24, 2.45) is 0 Å². The highest BCUT2D eigenvalue weighted by molar-refractivity contribution is 5.75. The molecule has 0 saturated carbocycles. The molecule has 0 amide bonds. The molecule has 0 fully saturated rings. The third-order valence-corrected chi connectivity index (χ3v) is 5.13. The van der Waals surface area contributed by atoms with Crippen LogP contribution in [0.2, 0.25) is 0 Å². The molecule has 31 heavy (non-hydrogen) atoms. The smallest absolute Gasteiger partial charge is 0.150 e. The second-order valence-electron chi connectivity index (χ2n) is 8.52. The molecule has 3 aromatic carbocycles. The standard InChI is InChI=1S/C27H30O4/c1-19-14-25(30-13-12-27(3,4)29)15-20(2)26(19)23-7-5-6-22(16-23)18-31-24-10-8-21(17-28)9-11-24/h5-11,14-17,29H,12-13,18H2,1-4H3. The molecule has 4 nitrogen and oxygen atoms in total. The minimum absolute atomic E-state index is 0.449. The molecule has 0 atom stereocenters. The zero-order valence-corrected chi connectivity index (χ0v) is 18.6. The highest BCUT2D eigenvalue weighted by Crippen LogP contribution is 2.32. The fourth-order valence-electron chi connectivity index (χ4n) is 3.51. The third-order valence-electron chi connectivity index (χ3n) is 5.13. The van der Waals surface area contributed by atoms with Gasteiger partial charge in [-0.2, -0.15) is 0 Å². The van der Waals surface area contributed by atoms with Crippen LogP contribution >= 0.6 is 0 Å². The Balaban J connectivity index is 1.72. The number of aldehydes is 1. The van der Waals surface area contributed by atoms with Gasteiger partial charge in [0.25, 0.3) is 0 Å². The zero-order chi connectivity index (χ0) is 22.4. The Morgan fingerprint density at radius 3 is 2.19 bits per heavy atom. The Morgan fingerprint density at radius 1 is 0.903 bits per heavy atom. The van der Waals surface area contributed by atoms with Gasteiger partial charge in [-0.25, -0.2) is 0 Å². The van der Waals surface area contributed by atoms with Crippen LogP contribution in [0.4, 0.5) is 0 Å². The third kappa shape index (κ3) is 6.43. The summed E-state index contributed by atoms with van der Waals surface area (Å²) in [5, 5.41) is 9.86. The van der Waals surface area contributed by atoms with E-state index < -0.39 is 5.60 Å². The molecule has 0 aliphatic carbocycles. The van der Waals surface area contributed by atoms with Crippen molar-refractivity contribution in [1.82, 2.24) is 0 Å². The normalized spacial score (nSPS) is 11.3. The minimum atomic E-state index is -0.733. The summed E-state index contributed by atoms with van der Waals surface area (Å²) in [6.07, 6.45) is 1.40. The number of ether oxygens (including phenoxy) is 2. The number of benzene rings is 3. The maximum atomic E-state index is 10.8. The molecule has 162 valence electrons. The molecule has 0 aliphatic heterocycles. The fourth-order valence-corrected chi connectivity index (χ4v) is 3.51. The molecule has 0 unspecified atom stereocenters. The Bertz CT molecular complexity index is 1010. The topological polar surface area (TPSA) is 55.8 Å². The van der Waals surface area contributed by atoms with Crippen molar-refractivity contribution in [3.05, 3.63) is 82.9 Å². The van der Waals surface area contributed by atoms with Gasteiger partial charge in [-0.1, -0.05) is 18.2 Å². The first-order valence-electron chi connectivity index (χ1n) is 10.5. The maximum absolute atomic E-state index is 10.8. The quantitative estimate of drug-likeness (QED) is 0.440. The van der Waals surface area contributed by atoms with Crippen molar-refractivity contribution in [2.45, 2.75) is 46.3 Å². The van der Waals surface area contributed by atoms with Crippen LogP contribution < -0.4 is 9.47 Å². The number of rotatable bonds is 9. The van der Waals surface area contributed by atoms with E-state index in [0.29, 0.717) is 25.2 Å². The van der Waals surface area contributed by atoms with Gasteiger partial charge in [-0.15, -0.1) is 0 Å². The molecule has 3 aromatic rings. The van der Waals surface area contributed by atoms with Gasteiger partial charge in [-0.3, -0.25) is 4.79 Å². The first-order valence-corrected chi connectivity index (χ1v) is 10.5. The van der Waals surface area contributed by atoms with E-state index in [2.05, 4.69) is 26.0 Å². The Kier molecular flexibility index (Phi) is 7.13. The van der Waals surface area contributed by atoms with E-state index >= 15 is 0 Å². The van der Waals surface area contributed by atoms with Gasteiger partial charge < -0.3 is 14.6 Å². The van der Waals surface area contributed by atoms with E-state index in [-0.39, 0.29) is 0 Å². The summed E-state index contributed by atoms with van der Waals surface area (Å²) in [5.41, 5.74) is 5.57. The monoisotopic (exact) mass is 418 g/mol. The highest BCUT2D eigenvalue weighted by Gasteiger charge is 2.13.